The molecular weight excluding hydrogens is 392 g/mol. The molecule has 2 N–H and O–H groups in total. The molecule has 2 aromatic rings. The molecule has 9 heteroatoms. The van der Waals surface area contributed by atoms with Gasteiger partial charge in [0.25, 0.3) is 11.6 Å². The second kappa shape index (κ2) is 9.51. The first-order chi connectivity index (χ1) is 13.7. The summed E-state index contributed by atoms with van der Waals surface area (Å²) >= 11 is 0. The first kappa shape index (κ1) is 22.4. The smallest absolute Gasteiger partial charge is 0.436 e. The fraction of sp³-hybridized carbons (Fsp3) is 0.300. The van der Waals surface area contributed by atoms with Crippen molar-refractivity contribution in [2.24, 2.45) is 0 Å². The Bertz CT molecular complexity index is 826. The van der Waals surface area contributed by atoms with Crippen LogP contribution in [-0.2, 0) is 16.0 Å². The van der Waals surface area contributed by atoms with Crippen molar-refractivity contribution in [2.75, 3.05) is 13.2 Å². The number of hydrogen-bond donors (Lipinski definition) is 2. The maximum Gasteiger partial charge on any atom is 0.436 e. The van der Waals surface area contributed by atoms with Gasteiger partial charge in [0.2, 0.25) is 0 Å². The van der Waals surface area contributed by atoms with Gasteiger partial charge in [-0.1, -0.05) is 30.3 Å². The van der Waals surface area contributed by atoms with Gasteiger partial charge in [-0.25, -0.2) is 9.18 Å². The number of rotatable bonds is 8. The van der Waals surface area contributed by atoms with Gasteiger partial charge in [-0.15, -0.1) is 0 Å². The van der Waals surface area contributed by atoms with Crippen LogP contribution in [0.5, 0.6) is 0 Å². The maximum absolute atomic E-state index is 14.0. The van der Waals surface area contributed by atoms with Crippen LogP contribution in [0.1, 0.15) is 22.8 Å². The van der Waals surface area contributed by atoms with Crippen LogP contribution in [0.3, 0.4) is 0 Å². The Kier molecular flexibility index (Phi) is 7.33. The minimum atomic E-state index is -5.19. The highest BCUT2D eigenvalue weighted by molar-refractivity contribution is 5.98. The highest BCUT2D eigenvalue weighted by Gasteiger charge is 2.63. The molecule has 0 fully saturated rings. The van der Waals surface area contributed by atoms with Gasteiger partial charge in [-0.05, 0) is 43.2 Å². The average Bonchev–Trinajstić information content (AvgIpc) is 2.68. The average molecular weight is 412 g/mol. The fourth-order valence-electron chi connectivity index (χ4n) is 2.57. The Morgan fingerprint density at radius 3 is 2.17 bits per heavy atom. The van der Waals surface area contributed by atoms with E-state index < -0.39 is 29.5 Å². The number of hydrogen-bond acceptors (Lipinski definition) is 4. The van der Waals surface area contributed by atoms with Crippen molar-refractivity contribution in [3.8, 4) is 0 Å². The number of benzene rings is 2. The topological polar surface area (TPSA) is 67.4 Å². The Balaban J connectivity index is 2.28. The van der Waals surface area contributed by atoms with Gasteiger partial charge in [0.05, 0.1) is 6.61 Å². The molecule has 0 saturated heterocycles. The second-order valence-electron chi connectivity index (χ2n) is 6.09. The molecule has 29 heavy (non-hydrogen) atoms. The van der Waals surface area contributed by atoms with E-state index in [-0.39, 0.29) is 25.1 Å². The summed E-state index contributed by atoms with van der Waals surface area (Å²) in [5, 5.41) is 3.85. The van der Waals surface area contributed by atoms with Crippen LogP contribution in [-0.4, -0.2) is 36.9 Å². The van der Waals surface area contributed by atoms with Gasteiger partial charge in [0.1, 0.15) is 5.82 Å². The molecule has 1 unspecified atom stereocenters. The molecule has 0 aliphatic carbocycles. The number of nitrogens with one attached hydrogen (secondary N) is 2. The minimum absolute atomic E-state index is 0.0502. The van der Waals surface area contributed by atoms with Crippen LogP contribution < -0.4 is 10.6 Å². The summed E-state index contributed by atoms with van der Waals surface area (Å²) in [7, 11) is 0. The number of ether oxygens (including phenoxy) is 1. The first-order valence-electron chi connectivity index (χ1n) is 8.80. The summed E-state index contributed by atoms with van der Waals surface area (Å²) < 4.78 is 59.5. The number of halogens is 4. The molecule has 5 nitrogen and oxygen atoms in total. The Hall–Kier alpha value is -2.94. The summed E-state index contributed by atoms with van der Waals surface area (Å²) in [4.78, 5) is 24.7. The molecule has 1 amide bonds. The molecule has 0 aliphatic rings. The lowest BCUT2D eigenvalue weighted by Crippen LogP contribution is -2.73. The zero-order valence-corrected chi connectivity index (χ0v) is 15.6. The van der Waals surface area contributed by atoms with Crippen molar-refractivity contribution in [2.45, 2.75) is 25.2 Å². The molecule has 2 rings (SSSR count). The summed E-state index contributed by atoms with van der Waals surface area (Å²) in [6.45, 7) is 0.715. The minimum Gasteiger partial charge on any atom is -0.463 e. The first-order valence-corrected chi connectivity index (χ1v) is 8.80. The van der Waals surface area contributed by atoms with Crippen LogP contribution >= 0.6 is 0 Å². The maximum atomic E-state index is 14.0. The van der Waals surface area contributed by atoms with Gasteiger partial charge in [0, 0.05) is 12.1 Å². The predicted molar refractivity (Wildman–Crippen MR) is 97.4 cm³/mol. The van der Waals surface area contributed by atoms with Crippen LogP contribution in [0.25, 0.3) is 0 Å². The Morgan fingerprint density at radius 1 is 1.00 bits per heavy atom. The van der Waals surface area contributed by atoms with Gasteiger partial charge < -0.3 is 10.1 Å². The third kappa shape index (κ3) is 5.54. The zero-order valence-electron chi connectivity index (χ0n) is 15.6. The van der Waals surface area contributed by atoms with E-state index >= 15 is 0 Å². The van der Waals surface area contributed by atoms with Crippen molar-refractivity contribution in [1.82, 2.24) is 10.6 Å². The fourth-order valence-corrected chi connectivity index (χ4v) is 2.57. The summed E-state index contributed by atoms with van der Waals surface area (Å²) in [6.07, 6.45) is -5.13. The largest absolute Gasteiger partial charge is 0.463 e. The van der Waals surface area contributed by atoms with E-state index in [1.54, 1.807) is 11.4 Å². The molecule has 2 aromatic carbocycles. The molecule has 1 atom stereocenters. The normalized spacial score (nSPS) is 13.4. The summed E-state index contributed by atoms with van der Waals surface area (Å²) in [5.41, 5.74) is -2.94. The molecule has 0 aromatic heterocycles. The summed E-state index contributed by atoms with van der Waals surface area (Å²) in [6, 6.07) is 12.4. The van der Waals surface area contributed by atoms with Crippen LogP contribution in [0.15, 0.2) is 54.6 Å². The molecule has 0 bridgehead atoms. The van der Waals surface area contributed by atoms with Gasteiger partial charge in [-0.2, -0.15) is 13.2 Å². The lowest BCUT2D eigenvalue weighted by Gasteiger charge is -2.34. The van der Waals surface area contributed by atoms with Crippen molar-refractivity contribution < 1.29 is 31.9 Å². The van der Waals surface area contributed by atoms with E-state index in [0.29, 0.717) is 5.56 Å². The van der Waals surface area contributed by atoms with Crippen molar-refractivity contribution in [3.05, 3.63) is 71.5 Å². The molecule has 0 radical (unpaired) electrons. The number of carbonyl (C=O) groups is 2. The molecule has 0 saturated carbocycles. The van der Waals surface area contributed by atoms with E-state index in [4.69, 9.17) is 0 Å². The molecule has 156 valence electrons. The highest BCUT2D eigenvalue weighted by atomic mass is 19.4. The Labute approximate surface area is 165 Å². The van der Waals surface area contributed by atoms with E-state index in [2.05, 4.69) is 10.1 Å². The lowest BCUT2D eigenvalue weighted by atomic mass is 10.1. The molecule has 0 spiro atoms. The van der Waals surface area contributed by atoms with Crippen molar-refractivity contribution >= 4 is 11.9 Å². The molecular formula is C20H20F4N2O3. The van der Waals surface area contributed by atoms with Crippen LogP contribution in [0.4, 0.5) is 17.6 Å². The van der Waals surface area contributed by atoms with E-state index in [9.17, 15) is 27.2 Å². The van der Waals surface area contributed by atoms with Gasteiger partial charge in [-0.3, -0.25) is 10.1 Å². The van der Waals surface area contributed by atoms with Crippen molar-refractivity contribution in [1.29, 1.82) is 0 Å². The third-order valence-electron chi connectivity index (χ3n) is 4.06. The van der Waals surface area contributed by atoms with E-state index in [1.807, 2.05) is 0 Å². The summed E-state index contributed by atoms with van der Waals surface area (Å²) in [5.74, 6) is -3.24. The second-order valence-corrected chi connectivity index (χ2v) is 6.09. The zero-order chi connectivity index (χ0) is 21.5. The predicted octanol–water partition coefficient (Wildman–Crippen LogP) is 3.21. The van der Waals surface area contributed by atoms with Crippen molar-refractivity contribution in [3.63, 3.8) is 0 Å². The van der Waals surface area contributed by atoms with Gasteiger partial charge in [0.15, 0.2) is 0 Å². The van der Waals surface area contributed by atoms with Crippen LogP contribution in [0, 0.1) is 5.82 Å². The monoisotopic (exact) mass is 412 g/mol. The lowest BCUT2D eigenvalue weighted by molar-refractivity contribution is -0.218. The number of carbonyl (C=O) groups excluding carboxylic acids is 2. The molecule has 0 aliphatic heterocycles. The number of alkyl halides is 3. The standard InChI is InChI=1S/C20H20F4N2O3/c1-2-29-18(28)19(20(22,23)24,26-17(27)15-6-4-3-5-7-15)25-13-12-14-8-10-16(21)11-9-14/h3-11,25H,2,12-13H2,1H3,(H,26,27). The van der Waals surface area contributed by atoms with Gasteiger partial charge >= 0.3 is 12.1 Å². The Morgan fingerprint density at radius 2 is 1.62 bits per heavy atom. The van der Waals surface area contributed by atoms with E-state index in [0.717, 1.165) is 0 Å². The number of esters is 1. The van der Waals surface area contributed by atoms with Crippen LogP contribution in [0.2, 0.25) is 0 Å². The third-order valence-corrected chi connectivity index (χ3v) is 4.06. The number of amides is 1. The SMILES string of the molecule is CCOC(=O)C(NCCc1ccc(F)cc1)(NC(=O)c1ccccc1)C(F)(F)F. The quantitative estimate of drug-likeness (QED) is 0.397. The van der Waals surface area contributed by atoms with E-state index in [1.165, 1.54) is 55.5 Å². The highest BCUT2D eigenvalue weighted by Crippen LogP contribution is 2.30. The molecule has 0 heterocycles.